The first-order valence-electron chi connectivity index (χ1n) is 27.2. The number of allylic oxidation sites excluding steroid dienone is 11. The first-order valence-corrected chi connectivity index (χ1v) is 27.2. The molecule has 0 aromatic rings. The Kier molecular flexibility index (Phi) is 43.3. The Labute approximate surface area is 404 Å². The van der Waals surface area contributed by atoms with E-state index in [-0.39, 0.29) is 18.9 Å². The van der Waals surface area contributed by atoms with Gasteiger partial charge in [0.05, 0.1) is 25.4 Å². The van der Waals surface area contributed by atoms with Gasteiger partial charge < -0.3 is 40.3 Å². The minimum atomic E-state index is -1.59. The van der Waals surface area contributed by atoms with Gasteiger partial charge in [-0.25, -0.2) is 0 Å². The first-order chi connectivity index (χ1) is 32.3. The lowest BCUT2D eigenvalue weighted by molar-refractivity contribution is -0.302. The summed E-state index contributed by atoms with van der Waals surface area (Å²) in [6.07, 6.45) is 57.2. The maximum absolute atomic E-state index is 12.9. The van der Waals surface area contributed by atoms with Crippen LogP contribution in [-0.2, 0) is 14.3 Å². The van der Waals surface area contributed by atoms with Crippen molar-refractivity contribution in [1.29, 1.82) is 0 Å². The predicted octanol–water partition coefficient (Wildman–Crippen LogP) is 12.9. The average Bonchev–Trinajstić information content (AvgIpc) is 3.32. The Morgan fingerprint density at radius 2 is 0.955 bits per heavy atom. The molecule has 7 atom stereocenters. The molecule has 1 fully saturated rings. The molecule has 1 rings (SSSR count). The van der Waals surface area contributed by atoms with Crippen LogP contribution in [0, 0.1) is 0 Å². The summed E-state index contributed by atoms with van der Waals surface area (Å²) < 4.78 is 11.2. The largest absolute Gasteiger partial charge is 0.394 e. The third-order valence-electron chi connectivity index (χ3n) is 12.5. The van der Waals surface area contributed by atoms with E-state index >= 15 is 0 Å². The Morgan fingerprint density at radius 3 is 1.44 bits per heavy atom. The van der Waals surface area contributed by atoms with E-state index in [4.69, 9.17) is 9.47 Å². The molecule has 1 aliphatic rings. The fourth-order valence-corrected chi connectivity index (χ4v) is 8.24. The molecule has 1 aliphatic heterocycles. The number of hydrogen-bond donors (Lipinski definition) is 6. The van der Waals surface area contributed by atoms with Crippen molar-refractivity contribution < 1.29 is 39.8 Å². The normalized spacial score (nSPS) is 20.4. The quantitative estimate of drug-likeness (QED) is 0.0261. The highest BCUT2D eigenvalue weighted by Gasteiger charge is 2.44. The lowest BCUT2D eigenvalue weighted by atomic mass is 9.99. The van der Waals surface area contributed by atoms with E-state index in [0.29, 0.717) is 6.42 Å². The van der Waals surface area contributed by atoms with Crippen LogP contribution in [0.25, 0.3) is 0 Å². The highest BCUT2D eigenvalue weighted by Crippen LogP contribution is 2.23. The number of rotatable bonds is 45. The molecule has 0 saturated carbocycles. The van der Waals surface area contributed by atoms with Crippen LogP contribution in [0.4, 0.5) is 0 Å². The average molecular weight is 928 g/mol. The van der Waals surface area contributed by atoms with Gasteiger partial charge in [-0.05, 0) is 57.8 Å². The van der Waals surface area contributed by atoms with Gasteiger partial charge in [0.25, 0.3) is 0 Å². The second-order valence-electron chi connectivity index (χ2n) is 18.6. The fourth-order valence-electron chi connectivity index (χ4n) is 8.24. The monoisotopic (exact) mass is 928 g/mol. The molecule has 66 heavy (non-hydrogen) atoms. The van der Waals surface area contributed by atoms with Gasteiger partial charge in [0.2, 0.25) is 5.91 Å². The van der Waals surface area contributed by atoms with Crippen LogP contribution in [-0.4, -0.2) is 87.5 Å². The Bertz CT molecular complexity index is 1260. The molecule has 0 aromatic heterocycles. The van der Waals surface area contributed by atoms with Gasteiger partial charge >= 0.3 is 0 Å². The van der Waals surface area contributed by atoms with E-state index in [9.17, 15) is 30.3 Å². The topological polar surface area (TPSA) is 149 Å². The molecule has 0 aromatic carbocycles. The van der Waals surface area contributed by atoms with E-state index in [1.54, 1.807) is 6.08 Å². The maximum Gasteiger partial charge on any atom is 0.220 e. The smallest absolute Gasteiger partial charge is 0.220 e. The molecule has 1 saturated heterocycles. The maximum atomic E-state index is 12.9. The van der Waals surface area contributed by atoms with Crippen LogP contribution in [0.1, 0.15) is 226 Å². The van der Waals surface area contributed by atoms with Crippen LogP contribution < -0.4 is 5.32 Å². The molecule has 0 spiro atoms. The van der Waals surface area contributed by atoms with Gasteiger partial charge in [-0.15, -0.1) is 0 Å². The number of amides is 1. The zero-order valence-corrected chi connectivity index (χ0v) is 42.2. The molecule has 0 aliphatic carbocycles. The number of carbonyl (C=O) groups is 1. The van der Waals surface area contributed by atoms with Crippen molar-refractivity contribution in [3.8, 4) is 0 Å². The second-order valence-corrected chi connectivity index (χ2v) is 18.6. The molecule has 6 N–H and O–H groups in total. The number of unbranched alkanes of at least 4 members (excludes halogenated alkanes) is 25. The molecule has 0 bridgehead atoms. The van der Waals surface area contributed by atoms with Crippen LogP contribution >= 0.6 is 0 Å². The van der Waals surface area contributed by atoms with Crippen molar-refractivity contribution in [1.82, 2.24) is 5.32 Å². The highest BCUT2D eigenvalue weighted by molar-refractivity contribution is 5.76. The zero-order chi connectivity index (χ0) is 48.0. The van der Waals surface area contributed by atoms with Gasteiger partial charge in [0.15, 0.2) is 6.29 Å². The summed E-state index contributed by atoms with van der Waals surface area (Å²) in [5, 5.41) is 54.2. The Hall–Kier alpha value is -2.37. The van der Waals surface area contributed by atoms with Crippen molar-refractivity contribution in [2.24, 2.45) is 0 Å². The summed E-state index contributed by atoms with van der Waals surface area (Å²) >= 11 is 0. The lowest BCUT2D eigenvalue weighted by Gasteiger charge is -2.40. The molecular weight excluding hydrogens is 827 g/mol. The lowest BCUT2D eigenvalue weighted by Crippen LogP contribution is -2.60. The van der Waals surface area contributed by atoms with Gasteiger partial charge in [-0.3, -0.25) is 4.79 Å². The number of ether oxygens (including phenoxy) is 2. The van der Waals surface area contributed by atoms with Crippen molar-refractivity contribution in [3.63, 3.8) is 0 Å². The molecule has 1 heterocycles. The molecule has 382 valence electrons. The van der Waals surface area contributed by atoms with E-state index < -0.39 is 49.5 Å². The number of hydrogen-bond acceptors (Lipinski definition) is 8. The fraction of sp³-hybridized carbons (Fsp3) is 0.772. The molecule has 7 unspecified atom stereocenters. The van der Waals surface area contributed by atoms with Gasteiger partial charge in [-0.2, -0.15) is 0 Å². The number of aliphatic hydroxyl groups excluding tert-OH is 5. The van der Waals surface area contributed by atoms with Crippen LogP contribution in [0.2, 0.25) is 0 Å². The van der Waals surface area contributed by atoms with Crippen molar-refractivity contribution in [2.45, 2.75) is 269 Å². The van der Waals surface area contributed by atoms with Gasteiger partial charge in [0.1, 0.15) is 24.4 Å². The van der Waals surface area contributed by atoms with Crippen LogP contribution in [0.5, 0.6) is 0 Å². The molecular formula is C57H101NO8. The van der Waals surface area contributed by atoms with Gasteiger partial charge in [0, 0.05) is 6.42 Å². The minimum Gasteiger partial charge on any atom is -0.394 e. The van der Waals surface area contributed by atoms with E-state index in [2.05, 4.69) is 67.8 Å². The van der Waals surface area contributed by atoms with E-state index in [1.165, 1.54) is 154 Å². The molecule has 0 radical (unpaired) electrons. The zero-order valence-electron chi connectivity index (χ0n) is 42.2. The van der Waals surface area contributed by atoms with Crippen molar-refractivity contribution in [3.05, 3.63) is 72.9 Å². The summed E-state index contributed by atoms with van der Waals surface area (Å²) in [5.74, 6) is -0.268. The van der Waals surface area contributed by atoms with E-state index in [0.717, 1.165) is 44.9 Å². The molecule has 9 nitrogen and oxygen atoms in total. The van der Waals surface area contributed by atoms with Crippen molar-refractivity contribution >= 4 is 5.91 Å². The highest BCUT2D eigenvalue weighted by atomic mass is 16.7. The number of aliphatic hydroxyl groups is 5. The van der Waals surface area contributed by atoms with Gasteiger partial charge in [-0.1, -0.05) is 234 Å². The summed E-state index contributed by atoms with van der Waals surface area (Å²) in [4.78, 5) is 12.9. The third-order valence-corrected chi connectivity index (χ3v) is 12.5. The molecule has 9 heteroatoms. The predicted molar refractivity (Wildman–Crippen MR) is 276 cm³/mol. The number of nitrogens with one attached hydrogen (secondary N) is 1. The number of carbonyl (C=O) groups excluding carboxylic acids is 1. The summed E-state index contributed by atoms with van der Waals surface area (Å²) in [6.45, 7) is 3.60. The standard InChI is InChI=1S/C57H101NO8/c1-3-5-7-9-11-13-15-17-18-19-20-21-22-23-24-25-26-27-28-29-30-31-32-33-35-36-38-40-42-44-46-51(60)50(49-65-57-56(64)55(63)54(62)52(48-59)66-57)58-53(61)47-45-43-41-39-37-34-16-14-12-10-8-6-4-2/h6,8,12,14,34,36-38,41,43-44,46,50-52,54-57,59-60,62-64H,3-5,7,9-11,13,15-33,35,39-40,42,45,47-49H2,1-2H3,(H,58,61)/b8-6-,14-12-,37-34-,38-36+,43-41-,46-44+. The van der Waals surface area contributed by atoms with Crippen LogP contribution in [0.15, 0.2) is 72.9 Å². The third kappa shape index (κ3) is 35.7. The van der Waals surface area contributed by atoms with Crippen molar-refractivity contribution in [2.75, 3.05) is 13.2 Å². The SMILES string of the molecule is CC/C=C\C/C=C\C/C=C\C/C=C\CCC(=O)NC(COC1OC(CO)C(O)C(O)C1O)C(O)/C=C/CC/C=C/CCCCCCCCCCCCCCCCCCCCCCCCCC. The van der Waals surface area contributed by atoms with E-state index in [1.807, 2.05) is 18.2 Å². The van der Waals surface area contributed by atoms with Crippen LogP contribution in [0.3, 0.4) is 0 Å². The summed E-state index contributed by atoms with van der Waals surface area (Å²) in [7, 11) is 0. The molecule has 1 amide bonds. The second kappa shape index (κ2) is 46.4. The summed E-state index contributed by atoms with van der Waals surface area (Å²) in [6, 6.07) is -0.863. The Balaban J connectivity index is 2.23. The first kappa shape index (κ1) is 61.6. The minimum absolute atomic E-state index is 0.214. The Morgan fingerprint density at radius 1 is 0.530 bits per heavy atom. The summed E-state index contributed by atoms with van der Waals surface area (Å²) in [5.41, 5.74) is 0.